The predicted molar refractivity (Wildman–Crippen MR) is 46.4 cm³/mol. The maximum Gasteiger partial charge on any atom is 0.325 e. The number of urea groups is 1. The number of carbonyl (C=O) groups excluding carboxylic acids is 4. The Bertz CT molecular complexity index is 349. The molecule has 1 atom stereocenters. The number of nitrogens with one attached hydrogen (secondary N) is 2. The van der Waals surface area contributed by atoms with Gasteiger partial charge in [-0.3, -0.25) is 24.6 Å². The fraction of sp³-hybridized carbons (Fsp3) is 0.500. The Morgan fingerprint density at radius 3 is 2.47 bits per heavy atom. The van der Waals surface area contributed by atoms with Gasteiger partial charge in [0.25, 0.3) is 5.91 Å². The van der Waals surface area contributed by atoms with Crippen LogP contribution in [0.25, 0.3) is 0 Å². The molecule has 0 bridgehead atoms. The van der Waals surface area contributed by atoms with Crippen molar-refractivity contribution in [1.82, 2.24) is 15.5 Å². The van der Waals surface area contributed by atoms with Gasteiger partial charge in [0.05, 0.1) is 6.54 Å². The molecule has 2 saturated heterocycles. The van der Waals surface area contributed by atoms with E-state index in [4.69, 9.17) is 0 Å². The van der Waals surface area contributed by atoms with Gasteiger partial charge in [-0.05, 0) is 6.42 Å². The van der Waals surface area contributed by atoms with Crippen molar-refractivity contribution in [2.45, 2.75) is 18.9 Å². The minimum Gasteiger partial charge on any atom is -0.329 e. The van der Waals surface area contributed by atoms with E-state index in [1.54, 1.807) is 0 Å². The van der Waals surface area contributed by atoms with Crippen molar-refractivity contribution >= 4 is 23.8 Å². The summed E-state index contributed by atoms with van der Waals surface area (Å²) in [7, 11) is 0. The second-order valence-corrected chi connectivity index (χ2v) is 3.39. The lowest BCUT2D eigenvalue weighted by Crippen LogP contribution is -2.54. The van der Waals surface area contributed by atoms with Crippen LogP contribution in [0.5, 0.6) is 0 Å². The molecule has 2 aliphatic heterocycles. The van der Waals surface area contributed by atoms with E-state index in [-0.39, 0.29) is 25.3 Å². The molecule has 2 heterocycles. The zero-order valence-electron chi connectivity index (χ0n) is 7.78. The first-order valence-electron chi connectivity index (χ1n) is 4.53. The Kier molecular flexibility index (Phi) is 2.14. The summed E-state index contributed by atoms with van der Waals surface area (Å²) in [5.41, 5.74) is 0. The van der Waals surface area contributed by atoms with Gasteiger partial charge < -0.3 is 5.32 Å². The maximum atomic E-state index is 11.4. The average molecular weight is 211 g/mol. The highest BCUT2D eigenvalue weighted by Crippen LogP contribution is 2.15. The van der Waals surface area contributed by atoms with Crippen LogP contribution in [-0.4, -0.2) is 41.2 Å². The SMILES string of the molecule is O=C1CCC(N2C(=O)CNC2=O)C(=O)N1. The van der Waals surface area contributed by atoms with Crippen LogP contribution in [0.1, 0.15) is 12.8 Å². The summed E-state index contributed by atoms with van der Waals surface area (Å²) < 4.78 is 0. The van der Waals surface area contributed by atoms with E-state index in [1.165, 1.54) is 0 Å². The third-order valence-corrected chi connectivity index (χ3v) is 2.40. The van der Waals surface area contributed by atoms with E-state index in [2.05, 4.69) is 10.6 Å². The van der Waals surface area contributed by atoms with Gasteiger partial charge in [0.2, 0.25) is 11.8 Å². The zero-order chi connectivity index (χ0) is 11.0. The molecule has 7 heteroatoms. The van der Waals surface area contributed by atoms with Gasteiger partial charge in [0, 0.05) is 6.42 Å². The monoisotopic (exact) mass is 211 g/mol. The highest BCUT2D eigenvalue weighted by Gasteiger charge is 2.41. The molecule has 2 rings (SSSR count). The molecule has 7 nitrogen and oxygen atoms in total. The van der Waals surface area contributed by atoms with Crippen molar-refractivity contribution in [1.29, 1.82) is 0 Å². The Hall–Kier alpha value is -1.92. The minimum atomic E-state index is -0.849. The van der Waals surface area contributed by atoms with Gasteiger partial charge in [-0.1, -0.05) is 0 Å². The summed E-state index contributed by atoms with van der Waals surface area (Å²) in [5, 5.41) is 4.42. The number of imide groups is 2. The summed E-state index contributed by atoms with van der Waals surface area (Å²) in [6.45, 7) is -0.0867. The van der Waals surface area contributed by atoms with Crippen LogP contribution in [0.2, 0.25) is 0 Å². The van der Waals surface area contributed by atoms with Crippen LogP contribution >= 0.6 is 0 Å². The Balaban J connectivity index is 2.16. The first-order valence-corrected chi connectivity index (χ1v) is 4.53. The van der Waals surface area contributed by atoms with E-state index >= 15 is 0 Å². The topological polar surface area (TPSA) is 95.6 Å². The normalized spacial score (nSPS) is 26.7. The number of hydrogen-bond donors (Lipinski definition) is 2. The largest absolute Gasteiger partial charge is 0.329 e. The first kappa shape index (κ1) is 9.63. The van der Waals surface area contributed by atoms with Crippen LogP contribution in [0, 0.1) is 0 Å². The molecule has 1 unspecified atom stereocenters. The molecule has 0 aromatic carbocycles. The van der Waals surface area contributed by atoms with E-state index in [0.717, 1.165) is 4.90 Å². The smallest absolute Gasteiger partial charge is 0.325 e. The molecule has 0 aromatic heterocycles. The van der Waals surface area contributed by atoms with Gasteiger partial charge in [0.1, 0.15) is 6.04 Å². The highest BCUT2D eigenvalue weighted by atomic mass is 16.2. The summed E-state index contributed by atoms with van der Waals surface area (Å²) in [5.74, 6) is -1.39. The Morgan fingerprint density at radius 2 is 1.93 bits per heavy atom. The lowest BCUT2D eigenvalue weighted by molar-refractivity contribution is -0.141. The van der Waals surface area contributed by atoms with Crippen LogP contribution in [0.4, 0.5) is 4.79 Å². The van der Waals surface area contributed by atoms with Gasteiger partial charge in [-0.15, -0.1) is 0 Å². The Labute approximate surface area is 84.8 Å². The van der Waals surface area contributed by atoms with Crippen molar-refractivity contribution in [3.05, 3.63) is 0 Å². The second-order valence-electron chi connectivity index (χ2n) is 3.39. The van der Waals surface area contributed by atoms with Gasteiger partial charge >= 0.3 is 6.03 Å². The second kappa shape index (κ2) is 3.34. The van der Waals surface area contributed by atoms with E-state index < -0.39 is 23.9 Å². The molecule has 0 aromatic rings. The van der Waals surface area contributed by atoms with Crippen molar-refractivity contribution in [3.8, 4) is 0 Å². The maximum absolute atomic E-state index is 11.4. The standard InChI is InChI=1S/C8H9N3O4/c12-5-2-1-4(7(14)10-5)11-6(13)3-9-8(11)15/h4H,1-3H2,(H,9,15)(H,10,12,14). The molecule has 0 spiro atoms. The molecule has 0 saturated carbocycles. The molecule has 80 valence electrons. The third kappa shape index (κ3) is 1.56. The first-order chi connectivity index (χ1) is 7.09. The number of piperidine rings is 1. The minimum absolute atomic E-state index is 0.0867. The lowest BCUT2D eigenvalue weighted by atomic mass is 10.1. The van der Waals surface area contributed by atoms with Crippen LogP contribution < -0.4 is 10.6 Å². The predicted octanol–water partition coefficient (Wildman–Crippen LogP) is -1.66. The number of nitrogens with zero attached hydrogens (tertiary/aromatic N) is 1. The van der Waals surface area contributed by atoms with Crippen LogP contribution in [-0.2, 0) is 14.4 Å². The molecule has 0 aliphatic carbocycles. The summed E-state index contributed by atoms with van der Waals surface area (Å²) >= 11 is 0. The number of rotatable bonds is 1. The lowest BCUT2D eigenvalue weighted by Gasteiger charge is -2.26. The molecule has 2 fully saturated rings. The summed E-state index contributed by atoms with van der Waals surface area (Å²) in [6, 6.07) is -1.42. The summed E-state index contributed by atoms with van der Waals surface area (Å²) in [4.78, 5) is 45.6. The number of amides is 5. The van der Waals surface area contributed by atoms with Crippen LogP contribution in [0.15, 0.2) is 0 Å². The molecule has 2 aliphatic rings. The van der Waals surface area contributed by atoms with Crippen molar-refractivity contribution in [3.63, 3.8) is 0 Å². The molecular formula is C8H9N3O4. The highest BCUT2D eigenvalue weighted by molar-refractivity contribution is 6.08. The van der Waals surface area contributed by atoms with E-state index in [0.29, 0.717) is 0 Å². The van der Waals surface area contributed by atoms with E-state index in [9.17, 15) is 19.2 Å². The molecule has 2 N–H and O–H groups in total. The van der Waals surface area contributed by atoms with Crippen LogP contribution in [0.3, 0.4) is 0 Å². The molecule has 15 heavy (non-hydrogen) atoms. The quantitative estimate of drug-likeness (QED) is 0.401. The van der Waals surface area contributed by atoms with E-state index in [1.807, 2.05) is 0 Å². The molecular weight excluding hydrogens is 202 g/mol. The summed E-state index contributed by atoms with van der Waals surface area (Å²) in [6.07, 6.45) is 0.345. The zero-order valence-corrected chi connectivity index (χ0v) is 7.78. The fourth-order valence-corrected chi connectivity index (χ4v) is 1.68. The third-order valence-electron chi connectivity index (χ3n) is 2.40. The van der Waals surface area contributed by atoms with Gasteiger partial charge in [0.15, 0.2) is 0 Å². The molecule has 0 radical (unpaired) electrons. The average Bonchev–Trinajstić information content (AvgIpc) is 2.48. The number of hydrogen-bond acceptors (Lipinski definition) is 4. The van der Waals surface area contributed by atoms with Crippen molar-refractivity contribution < 1.29 is 19.2 Å². The fourth-order valence-electron chi connectivity index (χ4n) is 1.68. The van der Waals surface area contributed by atoms with Crippen molar-refractivity contribution in [2.75, 3.05) is 6.54 Å². The van der Waals surface area contributed by atoms with Crippen molar-refractivity contribution in [2.24, 2.45) is 0 Å². The Morgan fingerprint density at radius 1 is 1.20 bits per heavy atom. The van der Waals surface area contributed by atoms with Gasteiger partial charge in [-0.25, -0.2) is 4.79 Å². The molecule has 5 amide bonds. The number of carbonyl (C=O) groups is 4. The van der Waals surface area contributed by atoms with Gasteiger partial charge in [-0.2, -0.15) is 0 Å².